The lowest BCUT2D eigenvalue weighted by Gasteiger charge is -2.21. The maximum atomic E-state index is 12.9. The molecule has 1 atom stereocenters. The molecule has 1 rings (SSSR count). The van der Waals surface area contributed by atoms with Crippen molar-refractivity contribution in [2.24, 2.45) is 5.84 Å². The lowest BCUT2D eigenvalue weighted by atomic mass is 10.0. The van der Waals surface area contributed by atoms with Crippen LogP contribution >= 0.6 is 11.6 Å². The summed E-state index contributed by atoms with van der Waals surface area (Å²) in [6.45, 7) is 1.47. The molecule has 2 nitrogen and oxygen atoms in total. The van der Waals surface area contributed by atoms with Crippen molar-refractivity contribution in [1.29, 1.82) is 0 Å². The van der Waals surface area contributed by atoms with Crippen LogP contribution in [0.4, 0.5) is 13.2 Å². The predicted octanol–water partition coefficient (Wildman–Crippen LogP) is 2.47. The first-order valence-electron chi connectivity index (χ1n) is 4.15. The van der Waals surface area contributed by atoms with Crippen molar-refractivity contribution < 1.29 is 13.2 Å². The largest absolute Gasteiger partial charge is 0.342 e. The molecule has 0 spiro atoms. The summed E-state index contributed by atoms with van der Waals surface area (Å²) in [7, 11) is 0. The highest BCUT2D eigenvalue weighted by Gasteiger charge is 2.37. The molecule has 84 valence electrons. The molecule has 15 heavy (non-hydrogen) atoms. The molecule has 0 fully saturated rings. The number of hydrogen-bond donors (Lipinski definition) is 2. The molecule has 0 heterocycles. The monoisotopic (exact) mass is 238 g/mol. The second-order valence-electron chi connectivity index (χ2n) is 3.15. The molecule has 1 aromatic carbocycles. The zero-order valence-electron chi connectivity index (χ0n) is 7.90. The van der Waals surface area contributed by atoms with E-state index in [-0.39, 0.29) is 11.1 Å². The summed E-state index contributed by atoms with van der Waals surface area (Å²) in [5, 5.41) is -3.53. The fourth-order valence-electron chi connectivity index (χ4n) is 1.23. The van der Waals surface area contributed by atoms with Crippen LogP contribution < -0.4 is 11.3 Å². The van der Waals surface area contributed by atoms with Crippen LogP contribution in [0.15, 0.2) is 18.2 Å². The highest BCUT2D eigenvalue weighted by atomic mass is 35.5. The van der Waals surface area contributed by atoms with Gasteiger partial charge in [0.05, 0.1) is 0 Å². The Balaban J connectivity index is 3.08. The number of benzene rings is 1. The van der Waals surface area contributed by atoms with Crippen molar-refractivity contribution in [3.05, 3.63) is 35.1 Å². The van der Waals surface area contributed by atoms with Crippen molar-refractivity contribution in [1.82, 2.24) is 5.43 Å². The third kappa shape index (κ3) is 2.84. The predicted molar refractivity (Wildman–Crippen MR) is 52.0 cm³/mol. The smallest absolute Gasteiger partial charge is 0.271 e. The van der Waals surface area contributed by atoms with Crippen molar-refractivity contribution in [2.45, 2.75) is 18.3 Å². The molecule has 0 bridgehead atoms. The summed E-state index contributed by atoms with van der Waals surface area (Å²) in [4.78, 5) is 0. The molecule has 0 aliphatic carbocycles. The van der Waals surface area contributed by atoms with Gasteiger partial charge >= 0.3 is 5.38 Å². The van der Waals surface area contributed by atoms with E-state index in [2.05, 4.69) is 0 Å². The van der Waals surface area contributed by atoms with Crippen LogP contribution in [-0.2, 0) is 0 Å². The Bertz CT molecular complexity index is 352. The molecule has 6 heteroatoms. The minimum atomic E-state index is -3.53. The number of aryl methyl sites for hydroxylation is 1. The first-order valence-corrected chi connectivity index (χ1v) is 4.53. The molecule has 0 aromatic heterocycles. The van der Waals surface area contributed by atoms with Gasteiger partial charge in [-0.15, -0.1) is 0 Å². The van der Waals surface area contributed by atoms with E-state index in [1.54, 1.807) is 0 Å². The van der Waals surface area contributed by atoms with Gasteiger partial charge in [0.2, 0.25) is 0 Å². The Labute approximate surface area is 90.2 Å². The van der Waals surface area contributed by atoms with Gasteiger partial charge in [0.25, 0.3) is 0 Å². The first kappa shape index (κ1) is 12.3. The summed E-state index contributed by atoms with van der Waals surface area (Å²) >= 11 is 4.86. The molecule has 3 N–H and O–H groups in total. The van der Waals surface area contributed by atoms with Gasteiger partial charge in [-0.05, 0) is 35.7 Å². The molecule has 0 saturated heterocycles. The third-order valence-corrected chi connectivity index (χ3v) is 2.23. The zero-order chi connectivity index (χ0) is 11.6. The van der Waals surface area contributed by atoms with Crippen LogP contribution in [0, 0.1) is 12.7 Å². The van der Waals surface area contributed by atoms with Crippen molar-refractivity contribution in [2.75, 3.05) is 0 Å². The maximum absolute atomic E-state index is 12.9. The standard InChI is InChI=1S/C9H10ClF3N2/c1-5-4-6(2-3-7(5)11)8(15-14)9(10,12)13/h2-4,8,15H,14H2,1H3. The molecule has 0 saturated carbocycles. The molecule has 0 radical (unpaired) electrons. The number of nitrogens with one attached hydrogen (secondary N) is 1. The van der Waals surface area contributed by atoms with Crippen LogP contribution in [-0.4, -0.2) is 5.38 Å². The van der Waals surface area contributed by atoms with Gasteiger partial charge in [0.1, 0.15) is 11.9 Å². The number of nitrogens with two attached hydrogens (primary N) is 1. The second kappa shape index (κ2) is 4.38. The van der Waals surface area contributed by atoms with E-state index < -0.39 is 17.2 Å². The fourth-order valence-corrected chi connectivity index (χ4v) is 1.42. The SMILES string of the molecule is Cc1cc(C(NN)C(F)(F)Cl)ccc1F. The van der Waals surface area contributed by atoms with E-state index >= 15 is 0 Å². The van der Waals surface area contributed by atoms with Crippen molar-refractivity contribution >= 4 is 11.6 Å². The van der Waals surface area contributed by atoms with Crippen molar-refractivity contribution in [3.8, 4) is 0 Å². The van der Waals surface area contributed by atoms with E-state index in [0.29, 0.717) is 0 Å². The van der Waals surface area contributed by atoms with Gasteiger partial charge in [0, 0.05) is 0 Å². The number of halogens is 4. The minimum Gasteiger partial charge on any atom is -0.271 e. The Morgan fingerprint density at radius 3 is 2.47 bits per heavy atom. The molecular formula is C9H10ClF3N2. The van der Waals surface area contributed by atoms with E-state index in [4.69, 9.17) is 17.4 Å². The first-order chi connectivity index (χ1) is 6.86. The number of alkyl halides is 3. The van der Waals surface area contributed by atoms with E-state index in [1.165, 1.54) is 19.1 Å². The van der Waals surface area contributed by atoms with Gasteiger partial charge in [-0.2, -0.15) is 8.78 Å². The lowest BCUT2D eigenvalue weighted by Crippen LogP contribution is -2.37. The molecule has 1 unspecified atom stereocenters. The van der Waals surface area contributed by atoms with E-state index in [9.17, 15) is 13.2 Å². The van der Waals surface area contributed by atoms with Gasteiger partial charge in [0.15, 0.2) is 0 Å². The normalized spacial score (nSPS) is 14.0. The highest BCUT2D eigenvalue weighted by Crippen LogP contribution is 2.34. The number of hydrazine groups is 1. The zero-order valence-corrected chi connectivity index (χ0v) is 8.65. The number of rotatable bonds is 3. The number of hydrogen-bond acceptors (Lipinski definition) is 2. The summed E-state index contributed by atoms with van der Waals surface area (Å²) in [5.41, 5.74) is 2.29. The van der Waals surface area contributed by atoms with Crippen LogP contribution in [0.3, 0.4) is 0 Å². The van der Waals surface area contributed by atoms with Gasteiger partial charge in [-0.1, -0.05) is 12.1 Å². The van der Waals surface area contributed by atoms with E-state index in [0.717, 1.165) is 6.07 Å². The second-order valence-corrected chi connectivity index (χ2v) is 3.65. The Kier molecular flexibility index (Phi) is 3.59. The lowest BCUT2D eigenvalue weighted by molar-refractivity contribution is 0.0497. The summed E-state index contributed by atoms with van der Waals surface area (Å²) < 4.78 is 38.6. The van der Waals surface area contributed by atoms with Gasteiger partial charge in [-0.25, -0.2) is 9.82 Å². The molecule has 0 aliphatic heterocycles. The Morgan fingerprint density at radius 2 is 2.07 bits per heavy atom. The molecular weight excluding hydrogens is 229 g/mol. The Morgan fingerprint density at radius 1 is 1.47 bits per heavy atom. The van der Waals surface area contributed by atoms with Crippen LogP contribution in [0.5, 0.6) is 0 Å². The topological polar surface area (TPSA) is 38.0 Å². The maximum Gasteiger partial charge on any atom is 0.342 e. The minimum absolute atomic E-state index is 0.136. The average Bonchev–Trinajstić information content (AvgIpc) is 2.10. The quantitative estimate of drug-likeness (QED) is 0.482. The highest BCUT2D eigenvalue weighted by molar-refractivity contribution is 6.22. The van der Waals surface area contributed by atoms with Gasteiger partial charge in [-0.3, -0.25) is 5.84 Å². The van der Waals surface area contributed by atoms with Crippen molar-refractivity contribution in [3.63, 3.8) is 0 Å². The fraction of sp³-hybridized carbons (Fsp3) is 0.333. The van der Waals surface area contributed by atoms with Crippen LogP contribution in [0.2, 0.25) is 0 Å². The summed E-state index contributed by atoms with van der Waals surface area (Å²) in [6, 6.07) is 2.04. The summed E-state index contributed by atoms with van der Waals surface area (Å²) in [6.07, 6.45) is 0. The van der Waals surface area contributed by atoms with Crippen LogP contribution in [0.25, 0.3) is 0 Å². The van der Waals surface area contributed by atoms with Crippen LogP contribution in [0.1, 0.15) is 17.2 Å². The van der Waals surface area contributed by atoms with E-state index in [1.807, 2.05) is 5.43 Å². The van der Waals surface area contributed by atoms with Gasteiger partial charge < -0.3 is 0 Å². The molecule has 0 aliphatic rings. The average molecular weight is 239 g/mol. The summed E-state index contributed by atoms with van der Waals surface area (Å²) in [5.74, 6) is 4.51. The molecule has 0 amide bonds. The molecule has 1 aromatic rings. The third-order valence-electron chi connectivity index (χ3n) is 2.01. The Hall–Kier alpha value is -0.780.